The maximum atomic E-state index is 12.7. The number of carbonyl (C=O) groups is 1. The van der Waals surface area contributed by atoms with E-state index < -0.39 is 0 Å². The highest BCUT2D eigenvalue weighted by atomic mass is 16.5. The van der Waals surface area contributed by atoms with Gasteiger partial charge in [0, 0.05) is 24.2 Å². The van der Waals surface area contributed by atoms with E-state index in [4.69, 9.17) is 9.84 Å². The number of carbonyl (C=O) groups excluding carboxylic acids is 1. The maximum absolute atomic E-state index is 12.7. The first-order valence-corrected chi connectivity index (χ1v) is 9.08. The number of ether oxygens (including phenoxy) is 1. The molecule has 1 heterocycles. The number of rotatable bonds is 5. The fraction of sp³-hybridized carbons (Fsp3) is 0.632. The Balaban J connectivity index is 1.61. The van der Waals surface area contributed by atoms with Crippen LogP contribution in [0.5, 0.6) is 5.75 Å². The van der Waals surface area contributed by atoms with Gasteiger partial charge in [-0.1, -0.05) is 31.0 Å². The van der Waals surface area contributed by atoms with Crippen molar-refractivity contribution in [3.05, 3.63) is 29.8 Å². The highest BCUT2D eigenvalue weighted by molar-refractivity contribution is 5.75. The van der Waals surface area contributed by atoms with Crippen LogP contribution in [-0.4, -0.2) is 41.3 Å². The molecule has 0 spiro atoms. The number of hydrogen-bond donors (Lipinski definition) is 2. The zero-order chi connectivity index (χ0) is 16.9. The van der Waals surface area contributed by atoms with Gasteiger partial charge in [0.25, 0.3) is 0 Å². The number of aliphatic hydroxyl groups excluding tert-OH is 1. The van der Waals surface area contributed by atoms with Gasteiger partial charge < -0.3 is 20.1 Å². The first kappa shape index (κ1) is 17.1. The summed E-state index contributed by atoms with van der Waals surface area (Å²) in [7, 11) is 0. The van der Waals surface area contributed by atoms with Crippen molar-refractivity contribution in [1.29, 1.82) is 0 Å². The summed E-state index contributed by atoms with van der Waals surface area (Å²) in [5.74, 6) is 1.40. The molecule has 5 nitrogen and oxygen atoms in total. The van der Waals surface area contributed by atoms with Gasteiger partial charge in [-0.15, -0.1) is 0 Å². The Morgan fingerprint density at radius 1 is 1.33 bits per heavy atom. The van der Waals surface area contributed by atoms with Gasteiger partial charge in [-0.25, -0.2) is 4.79 Å². The lowest BCUT2D eigenvalue weighted by Crippen LogP contribution is -2.47. The Morgan fingerprint density at radius 2 is 2.12 bits per heavy atom. The lowest BCUT2D eigenvalue weighted by atomic mass is 9.85. The summed E-state index contributed by atoms with van der Waals surface area (Å²) in [4.78, 5) is 14.8. The minimum atomic E-state index is -0.0188. The molecular formula is C19H28N2O3. The molecule has 3 unspecified atom stereocenters. The number of likely N-dealkylation sites (tertiary alicyclic amines) is 1. The molecule has 0 radical (unpaired) electrons. The summed E-state index contributed by atoms with van der Waals surface area (Å²) < 4.78 is 5.54. The molecule has 0 bridgehead atoms. The lowest BCUT2D eigenvalue weighted by Gasteiger charge is -2.33. The molecule has 2 amide bonds. The summed E-state index contributed by atoms with van der Waals surface area (Å²) in [6.07, 6.45) is 6.07. The van der Waals surface area contributed by atoms with Crippen molar-refractivity contribution in [3.8, 4) is 5.75 Å². The fourth-order valence-electron chi connectivity index (χ4n) is 4.27. The number of hydrogen-bond acceptors (Lipinski definition) is 3. The summed E-state index contributed by atoms with van der Waals surface area (Å²) in [6, 6.07) is 8.41. The Bertz CT molecular complexity index is 563. The number of fused-ring (bicyclic) bond motifs is 1. The smallest absolute Gasteiger partial charge is 0.318 e. The van der Waals surface area contributed by atoms with Crippen LogP contribution in [0.2, 0.25) is 0 Å². The van der Waals surface area contributed by atoms with E-state index in [1.165, 1.54) is 19.3 Å². The Labute approximate surface area is 144 Å². The number of nitrogens with zero attached hydrogens (tertiary/aromatic N) is 1. The predicted molar refractivity (Wildman–Crippen MR) is 92.9 cm³/mol. The molecule has 2 aliphatic rings. The molecule has 132 valence electrons. The summed E-state index contributed by atoms with van der Waals surface area (Å²) in [5, 5.41) is 12.0. The van der Waals surface area contributed by atoms with Gasteiger partial charge in [-0.2, -0.15) is 0 Å². The molecule has 1 aromatic carbocycles. The molecule has 24 heavy (non-hydrogen) atoms. The van der Waals surface area contributed by atoms with E-state index >= 15 is 0 Å². The highest BCUT2D eigenvalue weighted by Gasteiger charge is 2.42. The van der Waals surface area contributed by atoms with Crippen LogP contribution < -0.4 is 10.1 Å². The molecule has 5 heteroatoms. The second-order valence-corrected chi connectivity index (χ2v) is 6.94. The number of urea groups is 1. The number of para-hydroxylation sites is 1. The summed E-state index contributed by atoms with van der Waals surface area (Å²) in [6.45, 7) is 2.85. The Morgan fingerprint density at radius 3 is 2.96 bits per heavy atom. The van der Waals surface area contributed by atoms with E-state index in [1.54, 1.807) is 0 Å². The minimum absolute atomic E-state index is 0.0188. The van der Waals surface area contributed by atoms with Gasteiger partial charge in [0.05, 0.1) is 6.61 Å². The Hall–Kier alpha value is -1.75. The van der Waals surface area contributed by atoms with Gasteiger partial charge >= 0.3 is 6.03 Å². The standard InChI is InChI=1S/C19H28N2O3/c1-14-12-15-6-2-4-8-17(15)21(14)19(23)20-13-16-7-3-5-9-18(16)24-11-10-22/h3,5,7,9,14-15,17,22H,2,4,6,8,10-13H2,1H3,(H,20,23). The first-order chi connectivity index (χ1) is 11.7. The van der Waals surface area contributed by atoms with Crippen molar-refractivity contribution in [2.24, 2.45) is 5.92 Å². The monoisotopic (exact) mass is 332 g/mol. The van der Waals surface area contributed by atoms with Crippen LogP contribution in [-0.2, 0) is 6.54 Å². The van der Waals surface area contributed by atoms with Crippen molar-refractivity contribution in [3.63, 3.8) is 0 Å². The van der Waals surface area contributed by atoms with Gasteiger partial charge in [-0.05, 0) is 38.2 Å². The third-order valence-electron chi connectivity index (χ3n) is 5.33. The topological polar surface area (TPSA) is 61.8 Å². The second kappa shape index (κ2) is 7.88. The number of amides is 2. The first-order valence-electron chi connectivity index (χ1n) is 9.08. The van der Waals surface area contributed by atoms with Crippen molar-refractivity contribution in [2.75, 3.05) is 13.2 Å². The molecule has 3 rings (SSSR count). The zero-order valence-corrected chi connectivity index (χ0v) is 14.4. The second-order valence-electron chi connectivity index (χ2n) is 6.94. The van der Waals surface area contributed by atoms with Crippen LogP contribution in [0.15, 0.2) is 24.3 Å². The van der Waals surface area contributed by atoms with Crippen molar-refractivity contribution >= 4 is 6.03 Å². The van der Waals surface area contributed by atoms with Crippen molar-refractivity contribution < 1.29 is 14.6 Å². The third-order valence-corrected chi connectivity index (χ3v) is 5.33. The van der Waals surface area contributed by atoms with Gasteiger partial charge in [0.1, 0.15) is 12.4 Å². The van der Waals surface area contributed by atoms with Crippen molar-refractivity contribution in [1.82, 2.24) is 10.2 Å². The number of aliphatic hydroxyl groups is 1. The lowest BCUT2D eigenvalue weighted by molar-refractivity contribution is 0.155. The van der Waals surface area contributed by atoms with E-state index in [-0.39, 0.29) is 19.2 Å². The van der Waals surface area contributed by atoms with Gasteiger partial charge in [0.2, 0.25) is 0 Å². The normalized spacial score (nSPS) is 26.1. The third kappa shape index (κ3) is 3.66. The molecule has 2 fully saturated rings. The average Bonchev–Trinajstić information content (AvgIpc) is 2.94. The molecule has 2 N–H and O–H groups in total. The van der Waals surface area contributed by atoms with Gasteiger partial charge in [-0.3, -0.25) is 0 Å². The van der Waals surface area contributed by atoms with Gasteiger partial charge in [0.15, 0.2) is 0 Å². The molecule has 1 aliphatic carbocycles. The molecule has 0 aromatic heterocycles. The summed E-state index contributed by atoms with van der Waals surface area (Å²) in [5.41, 5.74) is 0.936. The van der Waals surface area contributed by atoms with E-state index in [0.717, 1.165) is 24.2 Å². The largest absolute Gasteiger partial charge is 0.491 e. The molecule has 1 saturated carbocycles. The molecule has 3 atom stereocenters. The zero-order valence-electron chi connectivity index (χ0n) is 14.4. The van der Waals surface area contributed by atoms with Crippen LogP contribution >= 0.6 is 0 Å². The predicted octanol–water partition coefficient (Wildman–Crippen LogP) is 2.92. The average molecular weight is 332 g/mol. The molecule has 1 saturated heterocycles. The molecular weight excluding hydrogens is 304 g/mol. The number of nitrogens with one attached hydrogen (secondary N) is 1. The van der Waals surface area contributed by atoms with Crippen LogP contribution in [0.25, 0.3) is 0 Å². The summed E-state index contributed by atoms with van der Waals surface area (Å²) >= 11 is 0. The van der Waals surface area contributed by atoms with E-state index in [9.17, 15) is 4.79 Å². The van der Waals surface area contributed by atoms with E-state index in [0.29, 0.717) is 24.5 Å². The molecule has 1 aliphatic heterocycles. The van der Waals surface area contributed by atoms with E-state index in [2.05, 4.69) is 17.1 Å². The maximum Gasteiger partial charge on any atom is 0.318 e. The minimum Gasteiger partial charge on any atom is -0.491 e. The van der Waals surface area contributed by atoms with Crippen LogP contribution in [0.3, 0.4) is 0 Å². The highest BCUT2D eigenvalue weighted by Crippen LogP contribution is 2.39. The van der Waals surface area contributed by atoms with E-state index in [1.807, 2.05) is 24.3 Å². The van der Waals surface area contributed by atoms with Crippen LogP contribution in [0.4, 0.5) is 4.79 Å². The SMILES string of the molecule is CC1CC2CCCCC2N1C(=O)NCc1ccccc1OCCO. The van der Waals surface area contributed by atoms with Crippen LogP contribution in [0.1, 0.15) is 44.6 Å². The quantitative estimate of drug-likeness (QED) is 0.871. The Kier molecular flexibility index (Phi) is 5.61. The van der Waals surface area contributed by atoms with Crippen molar-refractivity contribution in [2.45, 2.75) is 57.7 Å². The number of benzene rings is 1. The fourth-order valence-corrected chi connectivity index (χ4v) is 4.27. The van der Waals surface area contributed by atoms with Crippen LogP contribution in [0, 0.1) is 5.92 Å². The molecule has 1 aromatic rings.